The Kier molecular flexibility index (Phi) is 3.31. The van der Waals surface area contributed by atoms with Crippen molar-refractivity contribution >= 4 is 27.8 Å². The standard InChI is InChI=1S/C24H19N/c1-3-9-20(10-4-1)25(21-11-5-2-6-12-21)23-17-16-19-15-14-18-8-7-13-22(23)24(18)19/h1-13,16-17H,14-15H2. The van der Waals surface area contributed by atoms with E-state index in [9.17, 15) is 0 Å². The lowest BCUT2D eigenvalue weighted by Gasteiger charge is -2.27. The Labute approximate surface area is 148 Å². The summed E-state index contributed by atoms with van der Waals surface area (Å²) >= 11 is 0. The SMILES string of the molecule is c1ccc(N(c2ccccc2)c2ccc3c4c(cccc24)CC3)cc1. The highest BCUT2D eigenvalue weighted by Gasteiger charge is 2.20. The van der Waals surface area contributed by atoms with Crippen molar-refractivity contribution in [3.8, 4) is 0 Å². The van der Waals surface area contributed by atoms with Crippen molar-refractivity contribution in [2.75, 3.05) is 4.90 Å². The van der Waals surface area contributed by atoms with E-state index in [2.05, 4.69) is 95.9 Å². The highest BCUT2D eigenvalue weighted by atomic mass is 15.1. The van der Waals surface area contributed by atoms with Gasteiger partial charge in [0.1, 0.15) is 0 Å². The number of aryl methyl sites for hydroxylation is 2. The molecule has 0 bridgehead atoms. The molecule has 1 aliphatic rings. The highest BCUT2D eigenvalue weighted by molar-refractivity contribution is 6.02. The summed E-state index contributed by atoms with van der Waals surface area (Å²) in [5.41, 5.74) is 6.59. The van der Waals surface area contributed by atoms with E-state index in [0.29, 0.717) is 0 Å². The summed E-state index contributed by atoms with van der Waals surface area (Å²) in [6.45, 7) is 0. The van der Waals surface area contributed by atoms with Crippen LogP contribution in [0.3, 0.4) is 0 Å². The molecule has 0 heterocycles. The molecule has 4 aromatic rings. The van der Waals surface area contributed by atoms with Crippen molar-refractivity contribution < 1.29 is 0 Å². The molecular formula is C24H19N. The first-order valence-corrected chi connectivity index (χ1v) is 8.85. The largest absolute Gasteiger partial charge is 0.310 e. The fraction of sp³-hybridized carbons (Fsp3) is 0.0833. The zero-order valence-corrected chi connectivity index (χ0v) is 14.0. The maximum atomic E-state index is 2.36. The lowest BCUT2D eigenvalue weighted by atomic mass is 10.0. The third-order valence-corrected chi connectivity index (χ3v) is 5.12. The van der Waals surface area contributed by atoms with Gasteiger partial charge in [-0.05, 0) is 59.7 Å². The fourth-order valence-corrected chi connectivity index (χ4v) is 4.01. The molecule has 0 saturated heterocycles. The second-order valence-corrected chi connectivity index (χ2v) is 6.59. The van der Waals surface area contributed by atoms with Gasteiger partial charge >= 0.3 is 0 Å². The topological polar surface area (TPSA) is 3.24 Å². The second-order valence-electron chi connectivity index (χ2n) is 6.59. The number of hydrogen-bond acceptors (Lipinski definition) is 1. The van der Waals surface area contributed by atoms with Gasteiger partial charge in [0.25, 0.3) is 0 Å². The van der Waals surface area contributed by atoms with Gasteiger partial charge in [0.2, 0.25) is 0 Å². The van der Waals surface area contributed by atoms with Gasteiger partial charge in [0, 0.05) is 16.8 Å². The van der Waals surface area contributed by atoms with Crippen LogP contribution in [0.4, 0.5) is 17.1 Å². The van der Waals surface area contributed by atoms with E-state index in [4.69, 9.17) is 0 Å². The molecule has 0 unspecified atom stereocenters. The third kappa shape index (κ3) is 2.32. The number of para-hydroxylation sites is 2. The van der Waals surface area contributed by atoms with Crippen molar-refractivity contribution in [2.45, 2.75) is 12.8 Å². The Morgan fingerprint density at radius 3 is 1.76 bits per heavy atom. The van der Waals surface area contributed by atoms with Gasteiger partial charge < -0.3 is 4.90 Å². The smallest absolute Gasteiger partial charge is 0.0540 e. The number of nitrogens with zero attached hydrogens (tertiary/aromatic N) is 1. The number of benzene rings is 4. The summed E-state index contributed by atoms with van der Waals surface area (Å²) in [5.74, 6) is 0. The molecule has 0 atom stereocenters. The van der Waals surface area contributed by atoms with Crippen molar-refractivity contribution in [3.05, 3.63) is 102 Å². The molecule has 1 heteroatoms. The van der Waals surface area contributed by atoms with Crippen LogP contribution in [-0.4, -0.2) is 0 Å². The molecule has 0 N–H and O–H groups in total. The number of hydrogen-bond donors (Lipinski definition) is 0. The van der Waals surface area contributed by atoms with E-state index in [1.807, 2.05) is 0 Å². The molecule has 4 aromatic carbocycles. The average molecular weight is 321 g/mol. The Morgan fingerprint density at radius 2 is 1.12 bits per heavy atom. The average Bonchev–Trinajstić information content (AvgIpc) is 3.11. The van der Waals surface area contributed by atoms with Crippen LogP contribution in [0.25, 0.3) is 10.8 Å². The van der Waals surface area contributed by atoms with Crippen LogP contribution < -0.4 is 4.90 Å². The Balaban J connectivity index is 1.80. The molecule has 0 aromatic heterocycles. The minimum absolute atomic E-state index is 1.16. The summed E-state index contributed by atoms with van der Waals surface area (Å²) in [6.07, 6.45) is 2.32. The molecule has 25 heavy (non-hydrogen) atoms. The van der Waals surface area contributed by atoms with Crippen LogP contribution in [0.5, 0.6) is 0 Å². The zero-order chi connectivity index (χ0) is 16.6. The summed E-state index contributed by atoms with van der Waals surface area (Å²) in [7, 11) is 0. The van der Waals surface area contributed by atoms with E-state index >= 15 is 0 Å². The maximum absolute atomic E-state index is 2.36. The van der Waals surface area contributed by atoms with Crippen LogP contribution in [0, 0.1) is 0 Å². The molecular weight excluding hydrogens is 302 g/mol. The van der Waals surface area contributed by atoms with Gasteiger partial charge in [-0.25, -0.2) is 0 Å². The van der Waals surface area contributed by atoms with Crippen molar-refractivity contribution in [1.29, 1.82) is 0 Å². The normalized spacial score (nSPS) is 12.5. The van der Waals surface area contributed by atoms with Crippen molar-refractivity contribution in [1.82, 2.24) is 0 Å². The molecule has 0 radical (unpaired) electrons. The van der Waals surface area contributed by atoms with Crippen molar-refractivity contribution in [3.63, 3.8) is 0 Å². The summed E-state index contributed by atoms with van der Waals surface area (Å²) in [6, 6.07) is 32.6. The van der Waals surface area contributed by atoms with Crippen LogP contribution in [-0.2, 0) is 12.8 Å². The lowest BCUT2D eigenvalue weighted by Crippen LogP contribution is -2.10. The molecule has 5 rings (SSSR count). The molecule has 0 aliphatic heterocycles. The third-order valence-electron chi connectivity index (χ3n) is 5.12. The second kappa shape index (κ2) is 5.78. The van der Waals surface area contributed by atoms with E-state index in [1.165, 1.54) is 39.0 Å². The minimum Gasteiger partial charge on any atom is -0.310 e. The molecule has 1 nitrogen and oxygen atoms in total. The molecule has 0 amide bonds. The van der Waals surface area contributed by atoms with Crippen LogP contribution in [0.2, 0.25) is 0 Å². The van der Waals surface area contributed by atoms with E-state index in [-0.39, 0.29) is 0 Å². The first-order chi connectivity index (χ1) is 12.4. The van der Waals surface area contributed by atoms with Crippen molar-refractivity contribution in [2.24, 2.45) is 0 Å². The Bertz CT molecular complexity index is 986. The zero-order valence-electron chi connectivity index (χ0n) is 14.0. The van der Waals surface area contributed by atoms with Gasteiger partial charge in [-0.1, -0.05) is 60.7 Å². The Hall–Kier alpha value is -3.06. The van der Waals surface area contributed by atoms with Crippen LogP contribution in [0.1, 0.15) is 11.1 Å². The quantitative estimate of drug-likeness (QED) is 0.421. The van der Waals surface area contributed by atoms with Gasteiger partial charge in [-0.3, -0.25) is 0 Å². The number of rotatable bonds is 3. The molecule has 120 valence electrons. The first-order valence-electron chi connectivity index (χ1n) is 8.85. The van der Waals surface area contributed by atoms with Gasteiger partial charge in [-0.15, -0.1) is 0 Å². The van der Waals surface area contributed by atoms with Gasteiger partial charge in [0.05, 0.1) is 5.69 Å². The van der Waals surface area contributed by atoms with E-state index in [0.717, 1.165) is 12.8 Å². The van der Waals surface area contributed by atoms with E-state index in [1.54, 1.807) is 0 Å². The Morgan fingerprint density at radius 1 is 0.520 bits per heavy atom. The lowest BCUT2D eigenvalue weighted by molar-refractivity contribution is 1.02. The van der Waals surface area contributed by atoms with Crippen LogP contribution >= 0.6 is 0 Å². The molecule has 0 fully saturated rings. The van der Waals surface area contributed by atoms with Crippen LogP contribution in [0.15, 0.2) is 91.0 Å². The molecule has 1 aliphatic carbocycles. The minimum atomic E-state index is 1.16. The summed E-state index contributed by atoms with van der Waals surface area (Å²) in [5, 5.41) is 2.80. The predicted molar refractivity (Wildman–Crippen MR) is 106 cm³/mol. The first kappa shape index (κ1) is 14.3. The fourth-order valence-electron chi connectivity index (χ4n) is 4.01. The maximum Gasteiger partial charge on any atom is 0.0540 e. The highest BCUT2D eigenvalue weighted by Crippen LogP contribution is 2.42. The summed E-state index contributed by atoms with van der Waals surface area (Å²) in [4.78, 5) is 2.36. The van der Waals surface area contributed by atoms with E-state index < -0.39 is 0 Å². The van der Waals surface area contributed by atoms with Gasteiger partial charge in [-0.2, -0.15) is 0 Å². The molecule has 0 spiro atoms. The molecule has 0 saturated carbocycles. The predicted octanol–water partition coefficient (Wildman–Crippen LogP) is 6.41. The summed E-state index contributed by atoms with van der Waals surface area (Å²) < 4.78 is 0. The monoisotopic (exact) mass is 321 g/mol. The number of anilines is 3. The van der Waals surface area contributed by atoms with Gasteiger partial charge in [0.15, 0.2) is 0 Å².